The highest BCUT2D eigenvalue weighted by Crippen LogP contribution is 2.42. The Morgan fingerprint density at radius 3 is 2.89 bits per heavy atom. The number of nitrogens with two attached hydrogens (primary N) is 1. The fourth-order valence-corrected chi connectivity index (χ4v) is 2.75. The molecule has 28 heavy (non-hydrogen) atoms. The zero-order valence-corrected chi connectivity index (χ0v) is 14.6. The maximum absolute atomic E-state index is 14.4. The lowest BCUT2D eigenvalue weighted by Gasteiger charge is -2.20. The maximum Gasteiger partial charge on any atom is 0.351 e. The molecular formula is C17H18F2N4O5. The molecule has 0 unspecified atom stereocenters. The van der Waals surface area contributed by atoms with Crippen LogP contribution in [0.2, 0.25) is 0 Å². The van der Waals surface area contributed by atoms with E-state index in [0.717, 1.165) is 17.8 Å². The van der Waals surface area contributed by atoms with Crippen LogP contribution in [0.5, 0.6) is 0 Å². The highest BCUT2D eigenvalue weighted by atomic mass is 19.3. The van der Waals surface area contributed by atoms with Gasteiger partial charge in [0.05, 0.1) is 0 Å². The molecule has 0 radical (unpaired) electrons. The van der Waals surface area contributed by atoms with Crippen molar-refractivity contribution in [3.8, 4) is 0 Å². The standard InChI is InChI=1S/C17H18F2N4O5/c18-17(19)14(25)11(28-15(17)23-7-5-12(20)22-16(23)26)9-27-13(24)4-3-10-2-1-6-21-8-10/h1-2,5-8,11,14-15,25H,3-4,9H2,(H2,20,22,26)/t11-,14-,15-/m1/s1. The number of pyridine rings is 1. The number of halogens is 2. The van der Waals surface area contributed by atoms with Crippen LogP contribution in [0, 0.1) is 0 Å². The Balaban J connectivity index is 1.60. The molecule has 0 amide bonds. The quantitative estimate of drug-likeness (QED) is 0.667. The first kappa shape index (κ1) is 19.8. The molecule has 1 aliphatic heterocycles. The van der Waals surface area contributed by atoms with E-state index in [-0.39, 0.29) is 12.2 Å². The van der Waals surface area contributed by atoms with E-state index in [1.165, 1.54) is 0 Å². The molecule has 1 fully saturated rings. The minimum Gasteiger partial charge on any atom is -0.463 e. The number of carbonyl (C=O) groups is 1. The SMILES string of the molecule is Nc1ccn([C@@H]2O[C@H](COC(=O)CCc3cccnc3)[C@@H](O)C2(F)F)c(=O)n1. The first-order valence-electron chi connectivity index (χ1n) is 8.39. The first-order chi connectivity index (χ1) is 13.3. The molecule has 0 spiro atoms. The van der Waals surface area contributed by atoms with Gasteiger partial charge in [-0.15, -0.1) is 0 Å². The van der Waals surface area contributed by atoms with E-state index in [0.29, 0.717) is 11.0 Å². The molecule has 2 aromatic heterocycles. The van der Waals surface area contributed by atoms with Crippen LogP contribution in [-0.2, 0) is 20.7 Å². The fourth-order valence-electron chi connectivity index (χ4n) is 2.75. The smallest absolute Gasteiger partial charge is 0.351 e. The third-order valence-electron chi connectivity index (χ3n) is 4.23. The van der Waals surface area contributed by atoms with Gasteiger partial charge >= 0.3 is 17.6 Å². The number of aliphatic hydroxyl groups excluding tert-OH is 1. The van der Waals surface area contributed by atoms with Gasteiger partial charge in [0.25, 0.3) is 0 Å². The lowest BCUT2D eigenvalue weighted by atomic mass is 10.1. The third-order valence-corrected chi connectivity index (χ3v) is 4.23. The number of ether oxygens (including phenoxy) is 2. The molecule has 0 saturated carbocycles. The van der Waals surface area contributed by atoms with E-state index < -0.39 is 42.6 Å². The number of rotatable bonds is 6. The molecule has 3 atom stereocenters. The van der Waals surface area contributed by atoms with Crippen molar-refractivity contribution in [2.24, 2.45) is 0 Å². The Bertz CT molecular complexity index is 893. The molecule has 0 aliphatic carbocycles. The predicted molar refractivity (Wildman–Crippen MR) is 91.3 cm³/mol. The van der Waals surface area contributed by atoms with Crippen LogP contribution in [0.4, 0.5) is 14.6 Å². The second-order valence-corrected chi connectivity index (χ2v) is 6.23. The molecule has 3 heterocycles. The van der Waals surface area contributed by atoms with Crippen LogP contribution in [0.3, 0.4) is 0 Å². The van der Waals surface area contributed by atoms with E-state index in [4.69, 9.17) is 15.2 Å². The van der Waals surface area contributed by atoms with Gasteiger partial charge in [-0.1, -0.05) is 6.07 Å². The van der Waals surface area contributed by atoms with Crippen molar-refractivity contribution in [1.29, 1.82) is 0 Å². The Hall–Kier alpha value is -2.92. The second kappa shape index (κ2) is 7.98. The van der Waals surface area contributed by atoms with E-state index >= 15 is 0 Å². The van der Waals surface area contributed by atoms with Crippen molar-refractivity contribution >= 4 is 11.8 Å². The van der Waals surface area contributed by atoms with Crippen LogP contribution < -0.4 is 11.4 Å². The Labute approximate surface area is 157 Å². The molecular weight excluding hydrogens is 378 g/mol. The van der Waals surface area contributed by atoms with Gasteiger partial charge in [0.2, 0.25) is 6.23 Å². The minimum atomic E-state index is -3.80. The zero-order valence-electron chi connectivity index (χ0n) is 14.6. The zero-order chi connectivity index (χ0) is 20.3. The van der Waals surface area contributed by atoms with Gasteiger partial charge in [0.1, 0.15) is 18.5 Å². The Kier molecular flexibility index (Phi) is 5.66. The summed E-state index contributed by atoms with van der Waals surface area (Å²) in [5, 5.41) is 9.88. The van der Waals surface area contributed by atoms with E-state index in [1.807, 2.05) is 0 Å². The van der Waals surface area contributed by atoms with Gasteiger partial charge in [-0.05, 0) is 24.1 Å². The number of aryl methyl sites for hydroxylation is 1. The third kappa shape index (κ3) is 4.15. The normalized spacial score (nSPS) is 23.5. The van der Waals surface area contributed by atoms with Crippen molar-refractivity contribution in [3.63, 3.8) is 0 Å². The van der Waals surface area contributed by atoms with Crippen molar-refractivity contribution in [2.75, 3.05) is 12.3 Å². The average Bonchev–Trinajstić information content (AvgIpc) is 2.89. The van der Waals surface area contributed by atoms with Gasteiger partial charge in [-0.3, -0.25) is 14.3 Å². The molecule has 3 rings (SSSR count). The Morgan fingerprint density at radius 2 is 2.21 bits per heavy atom. The summed E-state index contributed by atoms with van der Waals surface area (Å²) in [4.78, 5) is 30.9. The van der Waals surface area contributed by atoms with Crippen molar-refractivity contribution < 1.29 is 28.2 Å². The molecule has 3 N–H and O–H groups in total. The second-order valence-electron chi connectivity index (χ2n) is 6.23. The molecule has 1 saturated heterocycles. The molecule has 9 nitrogen and oxygen atoms in total. The van der Waals surface area contributed by atoms with Crippen LogP contribution in [0.1, 0.15) is 18.2 Å². The first-order valence-corrected chi connectivity index (χ1v) is 8.39. The van der Waals surface area contributed by atoms with Gasteiger partial charge in [0.15, 0.2) is 6.10 Å². The Morgan fingerprint density at radius 1 is 1.43 bits per heavy atom. The number of esters is 1. The highest BCUT2D eigenvalue weighted by Gasteiger charge is 2.60. The predicted octanol–water partition coefficient (Wildman–Crippen LogP) is 0.290. The fraction of sp³-hybridized carbons (Fsp3) is 0.412. The van der Waals surface area contributed by atoms with Gasteiger partial charge < -0.3 is 20.3 Å². The number of anilines is 1. The molecule has 150 valence electrons. The van der Waals surface area contributed by atoms with E-state index in [2.05, 4.69) is 9.97 Å². The molecule has 11 heteroatoms. The number of aromatic nitrogens is 3. The van der Waals surface area contributed by atoms with Crippen LogP contribution in [-0.4, -0.2) is 50.3 Å². The summed E-state index contributed by atoms with van der Waals surface area (Å²) in [6, 6.07) is 4.66. The number of hydrogen-bond donors (Lipinski definition) is 2. The number of aliphatic hydroxyl groups is 1. The molecule has 0 bridgehead atoms. The van der Waals surface area contributed by atoms with Crippen LogP contribution in [0.25, 0.3) is 0 Å². The summed E-state index contributed by atoms with van der Waals surface area (Å²) >= 11 is 0. The van der Waals surface area contributed by atoms with Gasteiger partial charge in [-0.25, -0.2) is 4.79 Å². The van der Waals surface area contributed by atoms with Crippen molar-refractivity contribution in [1.82, 2.24) is 14.5 Å². The summed E-state index contributed by atoms with van der Waals surface area (Å²) in [5.74, 6) is -4.58. The summed E-state index contributed by atoms with van der Waals surface area (Å²) < 4.78 is 39.3. The van der Waals surface area contributed by atoms with E-state index in [9.17, 15) is 23.5 Å². The largest absolute Gasteiger partial charge is 0.463 e. The monoisotopic (exact) mass is 396 g/mol. The number of nitrogens with zero attached hydrogens (tertiary/aromatic N) is 3. The number of hydrogen-bond acceptors (Lipinski definition) is 8. The highest BCUT2D eigenvalue weighted by molar-refractivity contribution is 5.69. The molecule has 1 aliphatic rings. The van der Waals surface area contributed by atoms with Gasteiger partial charge in [-0.2, -0.15) is 13.8 Å². The summed E-state index contributed by atoms with van der Waals surface area (Å²) in [7, 11) is 0. The van der Waals surface area contributed by atoms with Crippen LogP contribution >= 0.6 is 0 Å². The maximum atomic E-state index is 14.4. The number of alkyl halides is 2. The topological polar surface area (TPSA) is 130 Å². The van der Waals surface area contributed by atoms with Crippen molar-refractivity contribution in [2.45, 2.75) is 37.2 Å². The van der Waals surface area contributed by atoms with Crippen LogP contribution in [0.15, 0.2) is 41.6 Å². The van der Waals surface area contributed by atoms with E-state index in [1.54, 1.807) is 24.5 Å². The number of carbonyl (C=O) groups excluding carboxylic acids is 1. The lowest BCUT2D eigenvalue weighted by Crippen LogP contribution is -2.42. The summed E-state index contributed by atoms with van der Waals surface area (Å²) in [5.41, 5.74) is 5.10. The summed E-state index contributed by atoms with van der Waals surface area (Å²) in [6.45, 7) is -0.587. The minimum absolute atomic E-state index is 0.00959. The summed E-state index contributed by atoms with van der Waals surface area (Å²) in [6.07, 6.45) is -1.30. The average molecular weight is 396 g/mol. The molecule has 0 aromatic carbocycles. The lowest BCUT2D eigenvalue weighted by molar-refractivity contribution is -0.150. The number of nitrogen functional groups attached to an aromatic ring is 1. The van der Waals surface area contributed by atoms with Gasteiger partial charge in [0, 0.05) is 25.0 Å². The molecule has 2 aromatic rings. The van der Waals surface area contributed by atoms with Crippen molar-refractivity contribution in [3.05, 3.63) is 52.8 Å².